The fourth-order valence-corrected chi connectivity index (χ4v) is 4.15. The summed E-state index contributed by atoms with van der Waals surface area (Å²) in [6.45, 7) is 1.94. The molecule has 1 heterocycles. The normalized spacial score (nSPS) is 10.9. The van der Waals surface area contributed by atoms with E-state index in [2.05, 4.69) is 16.4 Å². The summed E-state index contributed by atoms with van der Waals surface area (Å²) in [5.74, 6) is 1.10. The van der Waals surface area contributed by atoms with Gasteiger partial charge in [0.2, 0.25) is 5.91 Å². The molecule has 6 heteroatoms. The minimum absolute atomic E-state index is 0.0264. The van der Waals surface area contributed by atoms with Gasteiger partial charge in [0.05, 0.1) is 16.0 Å². The number of halogens is 1. The zero-order valence-electron chi connectivity index (χ0n) is 12.5. The molecular weight excluding hydrogens is 348 g/mol. The van der Waals surface area contributed by atoms with Gasteiger partial charge in [0.1, 0.15) is 5.01 Å². The van der Waals surface area contributed by atoms with Crippen LogP contribution in [0.3, 0.4) is 0 Å². The molecule has 0 aliphatic rings. The van der Waals surface area contributed by atoms with Crippen LogP contribution in [0, 0.1) is 6.92 Å². The molecule has 0 saturated carbocycles. The maximum absolute atomic E-state index is 12.0. The highest BCUT2D eigenvalue weighted by molar-refractivity contribution is 7.99. The van der Waals surface area contributed by atoms with Crippen molar-refractivity contribution in [2.45, 2.75) is 12.7 Å². The van der Waals surface area contributed by atoms with Crippen LogP contribution in [-0.4, -0.2) is 16.6 Å². The monoisotopic (exact) mass is 362 g/mol. The fourth-order valence-electron chi connectivity index (χ4n) is 2.13. The summed E-state index contributed by atoms with van der Waals surface area (Å²) >= 11 is 9.20. The molecule has 0 saturated heterocycles. The number of amides is 1. The number of benzene rings is 2. The molecule has 0 unspecified atom stereocenters. The Morgan fingerprint density at radius 3 is 2.96 bits per heavy atom. The van der Waals surface area contributed by atoms with Crippen LogP contribution >= 0.6 is 34.7 Å². The molecule has 1 N–H and O–H groups in total. The number of para-hydroxylation sites is 1. The molecule has 0 aliphatic carbocycles. The first-order valence-corrected chi connectivity index (χ1v) is 9.45. The first-order chi connectivity index (χ1) is 11.1. The van der Waals surface area contributed by atoms with Crippen molar-refractivity contribution in [3.05, 3.63) is 58.1 Å². The summed E-state index contributed by atoms with van der Waals surface area (Å²) in [5, 5.41) is 4.57. The van der Waals surface area contributed by atoms with Gasteiger partial charge >= 0.3 is 0 Å². The van der Waals surface area contributed by atoms with Gasteiger partial charge in [-0.15, -0.1) is 23.1 Å². The van der Waals surface area contributed by atoms with Crippen molar-refractivity contribution in [1.29, 1.82) is 0 Å². The fraction of sp³-hybridized carbons (Fsp3) is 0.176. The Bertz CT molecular complexity index is 814. The van der Waals surface area contributed by atoms with Crippen molar-refractivity contribution >= 4 is 56.5 Å². The average Bonchev–Trinajstić information content (AvgIpc) is 2.93. The molecule has 0 bridgehead atoms. The van der Waals surface area contributed by atoms with Crippen LogP contribution < -0.4 is 5.32 Å². The SMILES string of the molecule is Cc1ccc(Cl)cc1NC(=O)CSCc1nc2ccccc2s1. The van der Waals surface area contributed by atoms with Crippen LogP contribution in [0.15, 0.2) is 42.5 Å². The van der Waals surface area contributed by atoms with Crippen molar-refractivity contribution in [3.63, 3.8) is 0 Å². The van der Waals surface area contributed by atoms with Gasteiger partial charge in [0.25, 0.3) is 0 Å². The number of aryl methyl sites for hydroxylation is 1. The van der Waals surface area contributed by atoms with Gasteiger partial charge in [0, 0.05) is 16.5 Å². The number of aromatic nitrogens is 1. The van der Waals surface area contributed by atoms with Crippen molar-refractivity contribution in [1.82, 2.24) is 4.98 Å². The predicted molar refractivity (Wildman–Crippen MR) is 101 cm³/mol. The lowest BCUT2D eigenvalue weighted by atomic mass is 10.2. The van der Waals surface area contributed by atoms with Crippen molar-refractivity contribution in [2.24, 2.45) is 0 Å². The number of rotatable bonds is 5. The second kappa shape index (κ2) is 7.34. The molecule has 23 heavy (non-hydrogen) atoms. The smallest absolute Gasteiger partial charge is 0.234 e. The number of nitrogens with one attached hydrogen (secondary N) is 1. The summed E-state index contributed by atoms with van der Waals surface area (Å²) < 4.78 is 1.18. The third kappa shape index (κ3) is 4.25. The Labute approximate surface area is 148 Å². The van der Waals surface area contributed by atoms with E-state index in [1.165, 1.54) is 4.70 Å². The van der Waals surface area contributed by atoms with Crippen LogP contribution in [0.5, 0.6) is 0 Å². The molecule has 3 aromatic rings. The standard InChI is InChI=1S/C17H15ClN2OS2/c1-11-6-7-12(18)8-14(11)19-16(21)9-22-10-17-20-13-4-2-3-5-15(13)23-17/h2-8H,9-10H2,1H3,(H,19,21). The highest BCUT2D eigenvalue weighted by Gasteiger charge is 2.08. The Balaban J connectivity index is 1.53. The quantitative estimate of drug-likeness (QED) is 0.684. The molecule has 1 aromatic heterocycles. The van der Waals surface area contributed by atoms with E-state index in [4.69, 9.17) is 11.6 Å². The Hall–Kier alpha value is -1.56. The first kappa shape index (κ1) is 16.3. The zero-order valence-corrected chi connectivity index (χ0v) is 14.9. The Kier molecular flexibility index (Phi) is 5.20. The molecule has 0 aliphatic heterocycles. The number of hydrogen-bond acceptors (Lipinski definition) is 4. The molecule has 0 radical (unpaired) electrons. The molecule has 118 valence electrons. The largest absolute Gasteiger partial charge is 0.325 e. The summed E-state index contributed by atoms with van der Waals surface area (Å²) in [6, 6.07) is 13.6. The van der Waals surface area contributed by atoms with E-state index in [0.29, 0.717) is 10.8 Å². The third-order valence-electron chi connectivity index (χ3n) is 3.27. The third-order valence-corrected chi connectivity index (χ3v) is 5.67. The molecule has 0 spiro atoms. The number of thiazole rings is 1. The number of fused-ring (bicyclic) bond motifs is 1. The van der Waals surface area contributed by atoms with Gasteiger partial charge in [-0.05, 0) is 36.8 Å². The highest BCUT2D eigenvalue weighted by atomic mass is 35.5. The maximum Gasteiger partial charge on any atom is 0.234 e. The van der Waals surface area contributed by atoms with Crippen LogP contribution in [0.4, 0.5) is 5.69 Å². The van der Waals surface area contributed by atoms with Gasteiger partial charge in [-0.2, -0.15) is 0 Å². The number of carbonyl (C=O) groups is 1. The summed E-state index contributed by atoms with van der Waals surface area (Å²) in [7, 11) is 0. The number of carbonyl (C=O) groups excluding carboxylic acids is 1. The molecule has 1 amide bonds. The van der Waals surface area contributed by atoms with Crippen LogP contribution in [0.1, 0.15) is 10.6 Å². The van der Waals surface area contributed by atoms with E-state index in [1.807, 2.05) is 37.3 Å². The van der Waals surface area contributed by atoms with E-state index in [0.717, 1.165) is 27.5 Å². The van der Waals surface area contributed by atoms with E-state index in [1.54, 1.807) is 29.2 Å². The number of hydrogen-bond donors (Lipinski definition) is 1. The topological polar surface area (TPSA) is 42.0 Å². The van der Waals surface area contributed by atoms with Crippen molar-refractivity contribution in [3.8, 4) is 0 Å². The van der Waals surface area contributed by atoms with E-state index >= 15 is 0 Å². The molecule has 3 rings (SSSR count). The highest BCUT2D eigenvalue weighted by Crippen LogP contribution is 2.25. The first-order valence-electron chi connectivity index (χ1n) is 7.10. The lowest BCUT2D eigenvalue weighted by Gasteiger charge is -2.08. The van der Waals surface area contributed by atoms with Crippen LogP contribution in [-0.2, 0) is 10.5 Å². The lowest BCUT2D eigenvalue weighted by Crippen LogP contribution is -2.15. The Morgan fingerprint density at radius 2 is 2.13 bits per heavy atom. The van der Waals surface area contributed by atoms with E-state index in [9.17, 15) is 4.79 Å². The number of anilines is 1. The van der Waals surface area contributed by atoms with Crippen molar-refractivity contribution in [2.75, 3.05) is 11.1 Å². The number of thioether (sulfide) groups is 1. The van der Waals surface area contributed by atoms with Gasteiger partial charge in [-0.25, -0.2) is 4.98 Å². The predicted octanol–water partition coefficient (Wildman–Crippen LogP) is 5.13. The second-order valence-electron chi connectivity index (χ2n) is 5.08. The molecular formula is C17H15ClN2OS2. The van der Waals surface area contributed by atoms with Gasteiger partial charge in [-0.3, -0.25) is 4.79 Å². The molecule has 3 nitrogen and oxygen atoms in total. The summed E-state index contributed by atoms with van der Waals surface area (Å²) in [4.78, 5) is 16.6. The van der Waals surface area contributed by atoms with Gasteiger partial charge in [0.15, 0.2) is 0 Å². The van der Waals surface area contributed by atoms with Crippen LogP contribution in [0.25, 0.3) is 10.2 Å². The minimum Gasteiger partial charge on any atom is -0.325 e. The Morgan fingerprint density at radius 1 is 1.30 bits per heavy atom. The van der Waals surface area contributed by atoms with Gasteiger partial charge in [-0.1, -0.05) is 29.8 Å². The second-order valence-corrected chi connectivity index (χ2v) is 7.61. The average molecular weight is 363 g/mol. The van der Waals surface area contributed by atoms with Crippen LogP contribution in [0.2, 0.25) is 5.02 Å². The van der Waals surface area contributed by atoms with Gasteiger partial charge < -0.3 is 5.32 Å². The molecule has 0 fully saturated rings. The van der Waals surface area contributed by atoms with E-state index < -0.39 is 0 Å². The number of nitrogens with zero attached hydrogens (tertiary/aromatic N) is 1. The molecule has 0 atom stereocenters. The lowest BCUT2D eigenvalue weighted by molar-refractivity contribution is -0.113. The maximum atomic E-state index is 12.0. The zero-order chi connectivity index (χ0) is 16.2. The van der Waals surface area contributed by atoms with Crippen molar-refractivity contribution < 1.29 is 4.79 Å². The summed E-state index contributed by atoms with van der Waals surface area (Å²) in [5.41, 5.74) is 2.79. The minimum atomic E-state index is -0.0264. The van der Waals surface area contributed by atoms with E-state index in [-0.39, 0.29) is 5.91 Å². The molecule has 2 aromatic carbocycles. The summed E-state index contributed by atoms with van der Waals surface area (Å²) in [6.07, 6.45) is 0.